The van der Waals surface area contributed by atoms with Gasteiger partial charge in [-0.2, -0.15) is 18.2 Å². The summed E-state index contributed by atoms with van der Waals surface area (Å²) in [6.07, 6.45) is -4.39. The number of aliphatic hydroxyl groups is 1. The van der Waals surface area contributed by atoms with Crippen LogP contribution in [0.15, 0.2) is 4.52 Å². The summed E-state index contributed by atoms with van der Waals surface area (Å²) >= 11 is 0. The van der Waals surface area contributed by atoms with Crippen LogP contribution in [0.2, 0.25) is 0 Å². The van der Waals surface area contributed by atoms with Crippen molar-refractivity contribution in [2.24, 2.45) is 5.73 Å². The minimum Gasteiger partial charge on any atom is -0.394 e. The highest BCUT2D eigenvalue weighted by atomic mass is 19.4. The molecule has 16 heavy (non-hydrogen) atoms. The Labute approximate surface area is 88.2 Å². The van der Waals surface area contributed by atoms with Gasteiger partial charge in [-0.3, -0.25) is 0 Å². The van der Waals surface area contributed by atoms with E-state index in [2.05, 4.69) is 19.4 Å². The van der Waals surface area contributed by atoms with Crippen molar-refractivity contribution in [1.82, 2.24) is 10.1 Å². The fraction of sp³-hybridized carbons (Fsp3) is 0.714. The number of aromatic nitrogens is 2. The number of nitrogens with zero attached hydrogens (tertiary/aromatic N) is 2. The molecule has 0 aliphatic carbocycles. The number of hydrogen-bond acceptors (Lipinski definition) is 6. The van der Waals surface area contributed by atoms with E-state index in [1.165, 1.54) is 0 Å². The lowest BCUT2D eigenvalue weighted by molar-refractivity contribution is -0.177. The maximum absolute atomic E-state index is 11.7. The molecule has 0 aromatic carbocycles. The van der Waals surface area contributed by atoms with Gasteiger partial charge in [-0.1, -0.05) is 5.16 Å². The molecule has 0 spiro atoms. The predicted molar refractivity (Wildman–Crippen MR) is 44.0 cm³/mol. The van der Waals surface area contributed by atoms with Gasteiger partial charge >= 0.3 is 6.18 Å². The third kappa shape index (κ3) is 4.13. The molecule has 3 N–H and O–H groups in total. The van der Waals surface area contributed by atoms with Crippen LogP contribution in [0.4, 0.5) is 13.2 Å². The molecule has 0 unspecified atom stereocenters. The number of aliphatic hydroxyl groups excluding tert-OH is 1. The zero-order valence-corrected chi connectivity index (χ0v) is 8.07. The highest BCUT2D eigenvalue weighted by Crippen LogP contribution is 2.15. The Hall–Kier alpha value is -1.19. The minimum absolute atomic E-state index is 0.0480. The van der Waals surface area contributed by atoms with Gasteiger partial charge in [-0.15, -0.1) is 0 Å². The molecule has 6 nitrogen and oxygen atoms in total. The number of halogens is 3. The summed E-state index contributed by atoms with van der Waals surface area (Å²) in [5.41, 5.74) is 5.34. The third-order valence-corrected chi connectivity index (χ3v) is 1.49. The molecule has 0 bridgehead atoms. The fourth-order valence-electron chi connectivity index (χ4n) is 0.813. The summed E-state index contributed by atoms with van der Waals surface area (Å²) in [4.78, 5) is 3.65. The average Bonchev–Trinajstić information content (AvgIpc) is 2.63. The first-order valence-corrected chi connectivity index (χ1v) is 4.26. The average molecular weight is 241 g/mol. The highest BCUT2D eigenvalue weighted by molar-refractivity contribution is 4.90. The Morgan fingerprint density at radius 2 is 2.19 bits per heavy atom. The Balaban J connectivity index is 2.41. The molecule has 0 aliphatic heterocycles. The van der Waals surface area contributed by atoms with Crippen molar-refractivity contribution in [2.75, 3.05) is 13.2 Å². The maximum Gasteiger partial charge on any atom is 0.411 e. The molecule has 1 aromatic heterocycles. The van der Waals surface area contributed by atoms with E-state index >= 15 is 0 Å². The molecule has 0 saturated heterocycles. The quantitative estimate of drug-likeness (QED) is 0.761. The maximum atomic E-state index is 11.7. The van der Waals surface area contributed by atoms with Gasteiger partial charge in [0.05, 0.1) is 6.61 Å². The van der Waals surface area contributed by atoms with Crippen LogP contribution in [-0.4, -0.2) is 34.6 Å². The summed E-state index contributed by atoms with van der Waals surface area (Å²) in [6.45, 7) is -2.21. The van der Waals surface area contributed by atoms with Crippen LogP contribution in [0.3, 0.4) is 0 Å². The van der Waals surface area contributed by atoms with Crippen molar-refractivity contribution < 1.29 is 27.5 Å². The Morgan fingerprint density at radius 3 is 2.75 bits per heavy atom. The number of ether oxygens (including phenoxy) is 1. The van der Waals surface area contributed by atoms with Crippen LogP contribution in [0.25, 0.3) is 0 Å². The Kier molecular flexibility index (Phi) is 4.21. The van der Waals surface area contributed by atoms with Crippen LogP contribution in [0.5, 0.6) is 0 Å². The Morgan fingerprint density at radius 1 is 1.50 bits per heavy atom. The molecule has 0 fully saturated rings. The van der Waals surface area contributed by atoms with Gasteiger partial charge in [-0.25, -0.2) is 0 Å². The lowest BCUT2D eigenvalue weighted by Crippen LogP contribution is -2.17. The van der Waals surface area contributed by atoms with Crippen molar-refractivity contribution in [3.8, 4) is 0 Å². The summed E-state index contributed by atoms with van der Waals surface area (Å²) < 4.78 is 44.0. The largest absolute Gasteiger partial charge is 0.411 e. The zero-order valence-electron chi connectivity index (χ0n) is 8.07. The van der Waals surface area contributed by atoms with Crippen molar-refractivity contribution in [3.63, 3.8) is 0 Å². The van der Waals surface area contributed by atoms with E-state index in [-0.39, 0.29) is 11.7 Å². The fourth-order valence-corrected chi connectivity index (χ4v) is 0.813. The molecule has 1 atom stereocenters. The summed E-state index contributed by atoms with van der Waals surface area (Å²) in [7, 11) is 0. The summed E-state index contributed by atoms with van der Waals surface area (Å²) in [6, 6.07) is -0.844. The first kappa shape index (κ1) is 12.9. The number of rotatable bonds is 5. The van der Waals surface area contributed by atoms with Crippen LogP contribution < -0.4 is 5.73 Å². The molecule has 1 heterocycles. The van der Waals surface area contributed by atoms with E-state index in [1.54, 1.807) is 0 Å². The normalized spacial score (nSPS) is 14.1. The van der Waals surface area contributed by atoms with Crippen molar-refractivity contribution in [1.29, 1.82) is 0 Å². The van der Waals surface area contributed by atoms with E-state index in [0.717, 1.165) is 0 Å². The smallest absolute Gasteiger partial charge is 0.394 e. The molecular formula is C7H10F3N3O3. The lowest BCUT2D eigenvalue weighted by Gasteiger charge is -2.04. The lowest BCUT2D eigenvalue weighted by atomic mass is 10.3. The molecule has 1 rings (SSSR count). The number of hydrogen-bond donors (Lipinski definition) is 2. The van der Waals surface area contributed by atoms with Crippen LogP contribution in [0, 0.1) is 0 Å². The monoisotopic (exact) mass is 241 g/mol. The second-order valence-corrected chi connectivity index (χ2v) is 2.95. The van der Waals surface area contributed by atoms with Crippen molar-refractivity contribution in [3.05, 3.63) is 11.7 Å². The van der Waals surface area contributed by atoms with E-state index in [0.29, 0.717) is 0 Å². The van der Waals surface area contributed by atoms with E-state index < -0.39 is 32.0 Å². The van der Waals surface area contributed by atoms with Gasteiger partial charge in [0.2, 0.25) is 5.89 Å². The van der Waals surface area contributed by atoms with Crippen LogP contribution >= 0.6 is 0 Å². The van der Waals surface area contributed by atoms with Crippen molar-refractivity contribution >= 4 is 0 Å². The van der Waals surface area contributed by atoms with Gasteiger partial charge in [-0.05, 0) is 0 Å². The molecule has 1 aromatic rings. The van der Waals surface area contributed by atoms with Crippen LogP contribution in [0.1, 0.15) is 17.8 Å². The Bertz CT molecular complexity index is 328. The predicted octanol–water partition coefficient (Wildman–Crippen LogP) is 0.141. The standard InChI is InChI=1S/C7H10F3N3O3/c8-7(9,10)3-15-2-5-12-6(16-13-5)4(11)1-14/h4,14H,1-3,11H2/t4-/m1/s1. The third-order valence-electron chi connectivity index (χ3n) is 1.49. The second kappa shape index (κ2) is 5.23. The van der Waals surface area contributed by atoms with Gasteiger partial charge in [0.15, 0.2) is 5.82 Å². The molecule has 9 heteroatoms. The van der Waals surface area contributed by atoms with Gasteiger partial charge in [0.1, 0.15) is 19.3 Å². The topological polar surface area (TPSA) is 94.4 Å². The highest BCUT2D eigenvalue weighted by Gasteiger charge is 2.27. The van der Waals surface area contributed by atoms with Gasteiger partial charge in [0, 0.05) is 0 Å². The van der Waals surface area contributed by atoms with Gasteiger partial charge in [0.25, 0.3) is 0 Å². The van der Waals surface area contributed by atoms with E-state index in [4.69, 9.17) is 10.8 Å². The second-order valence-electron chi connectivity index (χ2n) is 2.95. The molecule has 0 radical (unpaired) electrons. The van der Waals surface area contributed by atoms with E-state index in [9.17, 15) is 13.2 Å². The molecule has 92 valence electrons. The summed E-state index contributed by atoms with van der Waals surface area (Å²) in [5, 5.41) is 12.0. The molecule has 0 amide bonds. The number of nitrogens with two attached hydrogens (primary N) is 1. The zero-order chi connectivity index (χ0) is 12.2. The first-order chi connectivity index (χ1) is 7.42. The van der Waals surface area contributed by atoms with Crippen LogP contribution in [-0.2, 0) is 11.3 Å². The summed E-state index contributed by atoms with van der Waals surface area (Å²) in [5.74, 6) is -0.101. The molecular weight excluding hydrogens is 231 g/mol. The molecule has 0 saturated carbocycles. The van der Waals surface area contributed by atoms with Gasteiger partial charge < -0.3 is 20.1 Å². The molecule has 0 aliphatic rings. The minimum atomic E-state index is -4.39. The van der Waals surface area contributed by atoms with E-state index in [1.807, 2.05) is 0 Å². The SMILES string of the molecule is N[C@H](CO)c1nc(COCC(F)(F)F)no1. The first-order valence-electron chi connectivity index (χ1n) is 4.26. The number of alkyl halides is 3. The van der Waals surface area contributed by atoms with Crippen molar-refractivity contribution in [2.45, 2.75) is 18.8 Å².